The molecule has 3 aromatic rings. The summed E-state index contributed by atoms with van der Waals surface area (Å²) in [6, 6.07) is 6.75. The van der Waals surface area contributed by atoms with Crippen LogP contribution in [-0.4, -0.2) is 25.0 Å². The van der Waals surface area contributed by atoms with Gasteiger partial charge >= 0.3 is 0 Å². The first-order valence-electron chi connectivity index (χ1n) is 6.42. The van der Waals surface area contributed by atoms with Gasteiger partial charge in [0.2, 0.25) is 0 Å². The standard InChI is InChI=1S/C14H13ClFN5/c15-12-3-1-11(2-4-12)14(16,7-13-8-18-20-19-13)9-21-6-5-17-10-21/h1-6,8,10H,7,9H2,(H,18,19,20). The number of rotatable bonds is 5. The van der Waals surface area contributed by atoms with E-state index in [1.807, 2.05) is 0 Å². The number of nitrogens with one attached hydrogen (secondary N) is 1. The Labute approximate surface area is 125 Å². The number of alkyl halides is 1. The van der Waals surface area contributed by atoms with Gasteiger partial charge in [0.05, 0.1) is 18.6 Å². The normalized spacial score (nSPS) is 14.0. The summed E-state index contributed by atoms with van der Waals surface area (Å²) < 4.78 is 17.3. The van der Waals surface area contributed by atoms with Crippen molar-refractivity contribution in [3.05, 3.63) is 65.5 Å². The monoisotopic (exact) mass is 305 g/mol. The molecule has 1 aromatic carbocycles. The smallest absolute Gasteiger partial charge is 0.159 e. The summed E-state index contributed by atoms with van der Waals surface area (Å²) in [5, 5.41) is 10.7. The number of aromatic amines is 1. The van der Waals surface area contributed by atoms with Crippen LogP contribution >= 0.6 is 11.6 Å². The van der Waals surface area contributed by atoms with Gasteiger partial charge in [-0.1, -0.05) is 28.9 Å². The SMILES string of the molecule is FC(Cc1c[nH]nn1)(Cn1ccnc1)c1ccc(Cl)cc1. The van der Waals surface area contributed by atoms with Gasteiger partial charge in [-0.25, -0.2) is 9.37 Å². The van der Waals surface area contributed by atoms with E-state index in [4.69, 9.17) is 11.6 Å². The third-order valence-corrected chi connectivity index (χ3v) is 3.53. The molecule has 2 heterocycles. The average molecular weight is 306 g/mol. The highest BCUT2D eigenvalue weighted by molar-refractivity contribution is 6.30. The summed E-state index contributed by atoms with van der Waals surface area (Å²) in [6.45, 7) is 0.140. The molecule has 0 amide bonds. The van der Waals surface area contributed by atoms with E-state index in [0.29, 0.717) is 16.3 Å². The summed E-state index contributed by atoms with van der Waals surface area (Å²) in [6.07, 6.45) is 6.65. The van der Waals surface area contributed by atoms with Crippen molar-refractivity contribution in [3.8, 4) is 0 Å². The van der Waals surface area contributed by atoms with Crippen LogP contribution in [0.4, 0.5) is 4.39 Å². The first kappa shape index (κ1) is 13.8. The number of imidazole rings is 1. The Balaban J connectivity index is 1.94. The number of benzene rings is 1. The van der Waals surface area contributed by atoms with E-state index >= 15 is 4.39 Å². The maximum atomic E-state index is 15.6. The summed E-state index contributed by atoms with van der Waals surface area (Å²) in [5.74, 6) is 0. The maximum absolute atomic E-state index is 15.6. The minimum Gasteiger partial charge on any atom is -0.334 e. The number of hydrogen-bond donors (Lipinski definition) is 1. The molecule has 2 aromatic heterocycles. The molecule has 108 valence electrons. The largest absolute Gasteiger partial charge is 0.334 e. The minimum absolute atomic E-state index is 0.114. The second-order valence-corrected chi connectivity index (χ2v) is 5.29. The maximum Gasteiger partial charge on any atom is 0.159 e. The van der Waals surface area contributed by atoms with Crippen LogP contribution in [0.5, 0.6) is 0 Å². The molecule has 3 rings (SSSR count). The zero-order valence-corrected chi connectivity index (χ0v) is 11.8. The van der Waals surface area contributed by atoms with Gasteiger partial charge in [-0.2, -0.15) is 0 Å². The lowest BCUT2D eigenvalue weighted by Crippen LogP contribution is -2.29. The van der Waals surface area contributed by atoms with Crippen LogP contribution in [0.1, 0.15) is 11.3 Å². The van der Waals surface area contributed by atoms with Crippen molar-refractivity contribution in [2.75, 3.05) is 0 Å². The predicted molar refractivity (Wildman–Crippen MR) is 76.6 cm³/mol. The van der Waals surface area contributed by atoms with Crippen molar-refractivity contribution in [2.24, 2.45) is 0 Å². The summed E-state index contributed by atoms with van der Waals surface area (Å²) in [7, 11) is 0. The lowest BCUT2D eigenvalue weighted by atomic mass is 9.91. The first-order valence-corrected chi connectivity index (χ1v) is 6.79. The van der Waals surface area contributed by atoms with E-state index in [9.17, 15) is 0 Å². The van der Waals surface area contributed by atoms with E-state index in [1.54, 1.807) is 53.8 Å². The fraction of sp³-hybridized carbons (Fsp3) is 0.214. The van der Waals surface area contributed by atoms with Crippen LogP contribution in [-0.2, 0) is 18.6 Å². The van der Waals surface area contributed by atoms with Gasteiger partial charge in [-0.3, -0.25) is 5.10 Å². The highest BCUT2D eigenvalue weighted by Crippen LogP contribution is 2.32. The number of aromatic nitrogens is 5. The molecule has 0 aliphatic carbocycles. The molecule has 0 spiro atoms. The molecule has 21 heavy (non-hydrogen) atoms. The molecule has 0 radical (unpaired) electrons. The van der Waals surface area contributed by atoms with Gasteiger partial charge in [-0.05, 0) is 17.7 Å². The zero-order chi connectivity index (χ0) is 14.7. The van der Waals surface area contributed by atoms with Crippen molar-refractivity contribution in [2.45, 2.75) is 18.6 Å². The number of H-pyrrole nitrogens is 1. The molecule has 0 aliphatic rings. The second-order valence-electron chi connectivity index (χ2n) is 4.85. The van der Waals surface area contributed by atoms with Crippen molar-refractivity contribution in [3.63, 3.8) is 0 Å². The zero-order valence-electron chi connectivity index (χ0n) is 11.1. The highest BCUT2D eigenvalue weighted by atomic mass is 35.5. The number of halogens is 2. The molecule has 1 unspecified atom stereocenters. The molecule has 0 saturated heterocycles. The fourth-order valence-electron chi connectivity index (χ4n) is 2.27. The van der Waals surface area contributed by atoms with Gasteiger partial charge in [0.1, 0.15) is 0 Å². The quantitative estimate of drug-likeness (QED) is 0.788. The van der Waals surface area contributed by atoms with Gasteiger partial charge in [0.15, 0.2) is 5.67 Å². The first-order chi connectivity index (χ1) is 10.2. The van der Waals surface area contributed by atoms with Crippen LogP contribution in [0.3, 0.4) is 0 Å². The Morgan fingerprint density at radius 2 is 2.10 bits per heavy atom. The van der Waals surface area contributed by atoms with E-state index in [0.717, 1.165) is 0 Å². The van der Waals surface area contributed by atoms with Crippen molar-refractivity contribution in [1.29, 1.82) is 0 Å². The third-order valence-electron chi connectivity index (χ3n) is 3.28. The Morgan fingerprint density at radius 3 is 2.71 bits per heavy atom. The van der Waals surface area contributed by atoms with Gasteiger partial charge in [0, 0.05) is 30.0 Å². The fourth-order valence-corrected chi connectivity index (χ4v) is 2.39. The van der Waals surface area contributed by atoms with Crippen LogP contribution in [0.15, 0.2) is 49.2 Å². The lowest BCUT2D eigenvalue weighted by molar-refractivity contribution is 0.134. The molecule has 5 nitrogen and oxygen atoms in total. The predicted octanol–water partition coefficient (Wildman–Crippen LogP) is 2.76. The topological polar surface area (TPSA) is 59.4 Å². The van der Waals surface area contributed by atoms with Crippen LogP contribution in [0.25, 0.3) is 0 Å². The molecular formula is C14H13ClFN5. The number of nitrogens with zero attached hydrogens (tertiary/aromatic N) is 4. The van der Waals surface area contributed by atoms with Gasteiger partial charge in [0.25, 0.3) is 0 Å². The molecule has 1 N–H and O–H groups in total. The third kappa shape index (κ3) is 3.11. The Morgan fingerprint density at radius 1 is 1.29 bits per heavy atom. The Kier molecular flexibility index (Phi) is 3.70. The lowest BCUT2D eigenvalue weighted by Gasteiger charge is -2.25. The van der Waals surface area contributed by atoms with Gasteiger partial charge in [-0.15, -0.1) is 5.10 Å². The average Bonchev–Trinajstić information content (AvgIpc) is 3.13. The van der Waals surface area contributed by atoms with Gasteiger partial charge < -0.3 is 4.57 Å². The molecule has 1 atom stereocenters. The van der Waals surface area contributed by atoms with E-state index < -0.39 is 5.67 Å². The van der Waals surface area contributed by atoms with E-state index in [-0.39, 0.29) is 13.0 Å². The summed E-state index contributed by atoms with van der Waals surface area (Å²) in [4.78, 5) is 3.95. The van der Waals surface area contributed by atoms with Crippen molar-refractivity contribution in [1.82, 2.24) is 25.0 Å². The molecule has 0 fully saturated rings. The molecule has 0 saturated carbocycles. The summed E-state index contributed by atoms with van der Waals surface area (Å²) >= 11 is 5.88. The Bertz CT molecular complexity index is 642. The molecule has 0 aliphatic heterocycles. The van der Waals surface area contributed by atoms with Crippen LogP contribution in [0.2, 0.25) is 5.02 Å². The van der Waals surface area contributed by atoms with E-state index in [1.165, 1.54) is 0 Å². The van der Waals surface area contributed by atoms with Crippen molar-refractivity contribution < 1.29 is 4.39 Å². The van der Waals surface area contributed by atoms with Crippen LogP contribution < -0.4 is 0 Å². The number of hydrogen-bond acceptors (Lipinski definition) is 3. The highest BCUT2D eigenvalue weighted by Gasteiger charge is 2.34. The molecular weight excluding hydrogens is 293 g/mol. The second kappa shape index (κ2) is 5.65. The van der Waals surface area contributed by atoms with E-state index in [2.05, 4.69) is 20.4 Å². The minimum atomic E-state index is -1.62. The molecule has 0 bridgehead atoms. The Hall–Kier alpha value is -2.21. The van der Waals surface area contributed by atoms with Crippen LogP contribution in [0, 0.1) is 0 Å². The summed E-state index contributed by atoms with van der Waals surface area (Å²) in [5.41, 5.74) is -0.515. The van der Waals surface area contributed by atoms with Crippen molar-refractivity contribution >= 4 is 11.6 Å². The molecule has 7 heteroatoms.